The van der Waals surface area contributed by atoms with E-state index in [0.29, 0.717) is 10.2 Å². The molecular formula is C11H8F2N2O4S. The zero-order valence-corrected chi connectivity index (χ0v) is 10.8. The summed E-state index contributed by atoms with van der Waals surface area (Å²) in [6, 6.07) is 2.67. The van der Waals surface area contributed by atoms with Crippen LogP contribution in [0.15, 0.2) is 12.1 Å². The Kier molecular flexibility index (Phi) is 2.76. The lowest BCUT2D eigenvalue weighted by Gasteiger charge is -2.04. The van der Waals surface area contributed by atoms with Gasteiger partial charge >= 0.3 is 6.29 Å². The number of hydrogen-bond acceptors (Lipinski definition) is 6. The first kappa shape index (κ1) is 13.0. The van der Waals surface area contributed by atoms with Gasteiger partial charge in [0.05, 0.1) is 10.2 Å². The number of aromatic nitrogens is 1. The third-order valence-electron chi connectivity index (χ3n) is 2.52. The number of ether oxygens (including phenoxy) is 2. The molecule has 0 bridgehead atoms. The molecule has 2 N–H and O–H groups in total. The third-order valence-corrected chi connectivity index (χ3v) is 3.45. The lowest BCUT2D eigenvalue weighted by molar-refractivity contribution is -0.286. The molecular weight excluding hydrogens is 294 g/mol. The first-order chi connectivity index (χ1) is 9.34. The number of aliphatic hydroxyl groups excluding tert-OH is 1. The maximum absolute atomic E-state index is 12.9. The summed E-state index contributed by atoms with van der Waals surface area (Å²) in [5.41, 5.74) is 0.385. The molecule has 106 valence electrons. The summed E-state index contributed by atoms with van der Waals surface area (Å²) in [5.74, 6) is -0.795. The number of hydrogen-bond donors (Lipinski definition) is 2. The van der Waals surface area contributed by atoms with Crippen molar-refractivity contribution < 1.29 is 28.2 Å². The van der Waals surface area contributed by atoms with Gasteiger partial charge in [0, 0.05) is 12.1 Å². The molecule has 1 aliphatic heterocycles. The highest BCUT2D eigenvalue weighted by Crippen LogP contribution is 2.44. The summed E-state index contributed by atoms with van der Waals surface area (Å²) in [7, 11) is 0. The van der Waals surface area contributed by atoms with Crippen molar-refractivity contribution in [2.24, 2.45) is 0 Å². The van der Waals surface area contributed by atoms with Gasteiger partial charge in [-0.2, -0.15) is 0 Å². The monoisotopic (exact) mass is 302 g/mol. The minimum absolute atomic E-state index is 0.0837. The zero-order chi connectivity index (χ0) is 14.5. The fraction of sp³-hybridized carbons (Fsp3) is 0.273. The van der Waals surface area contributed by atoms with Crippen molar-refractivity contribution in [1.29, 1.82) is 0 Å². The van der Waals surface area contributed by atoms with Crippen LogP contribution in [-0.4, -0.2) is 28.4 Å². The Morgan fingerprint density at radius 2 is 2.10 bits per heavy atom. The molecule has 0 spiro atoms. The van der Waals surface area contributed by atoms with Gasteiger partial charge in [0.2, 0.25) is 0 Å². The zero-order valence-electron chi connectivity index (χ0n) is 10.0. The van der Waals surface area contributed by atoms with Gasteiger partial charge in [-0.3, -0.25) is 10.1 Å². The van der Waals surface area contributed by atoms with E-state index in [2.05, 4.69) is 19.8 Å². The molecule has 20 heavy (non-hydrogen) atoms. The molecule has 0 saturated heterocycles. The van der Waals surface area contributed by atoms with Crippen LogP contribution in [0, 0.1) is 0 Å². The van der Waals surface area contributed by atoms with E-state index in [1.807, 2.05) is 0 Å². The fourth-order valence-electron chi connectivity index (χ4n) is 1.64. The molecule has 2 heterocycles. The Bertz CT molecular complexity index is 656. The number of alkyl halides is 2. The van der Waals surface area contributed by atoms with Crippen LogP contribution in [0.1, 0.15) is 6.92 Å². The number of benzene rings is 1. The van der Waals surface area contributed by atoms with Gasteiger partial charge in [0.15, 0.2) is 16.6 Å². The molecule has 0 radical (unpaired) electrons. The summed E-state index contributed by atoms with van der Waals surface area (Å²) in [6.45, 7) is 1.32. The van der Waals surface area contributed by atoms with E-state index in [1.54, 1.807) is 0 Å². The quantitative estimate of drug-likeness (QED) is 0.886. The SMILES string of the molecule is C[C@@H](O)C(=O)Nc1nc2cc3c(cc2s1)OC(F)(F)O3. The van der Waals surface area contributed by atoms with Crippen molar-refractivity contribution in [2.45, 2.75) is 19.3 Å². The number of nitrogens with one attached hydrogen (secondary N) is 1. The molecule has 6 nitrogen and oxygen atoms in total. The predicted molar refractivity (Wildman–Crippen MR) is 66.1 cm³/mol. The summed E-state index contributed by atoms with van der Waals surface area (Å²) in [6.07, 6.45) is -4.84. The molecule has 1 aliphatic rings. The van der Waals surface area contributed by atoms with E-state index >= 15 is 0 Å². The molecule has 0 fully saturated rings. The third kappa shape index (κ3) is 2.25. The van der Waals surface area contributed by atoms with Crippen molar-refractivity contribution in [2.75, 3.05) is 5.32 Å². The van der Waals surface area contributed by atoms with Crippen LogP contribution in [0.4, 0.5) is 13.9 Å². The van der Waals surface area contributed by atoms with Crippen LogP contribution < -0.4 is 14.8 Å². The highest BCUT2D eigenvalue weighted by atomic mass is 32.1. The van der Waals surface area contributed by atoms with Crippen molar-refractivity contribution in [1.82, 2.24) is 4.98 Å². The van der Waals surface area contributed by atoms with Crippen molar-refractivity contribution >= 4 is 32.6 Å². The molecule has 1 aromatic carbocycles. The molecule has 0 aliphatic carbocycles. The van der Waals surface area contributed by atoms with Crippen LogP contribution in [0.25, 0.3) is 10.2 Å². The maximum atomic E-state index is 12.9. The minimum Gasteiger partial charge on any atom is -0.395 e. The average molecular weight is 302 g/mol. The van der Waals surface area contributed by atoms with E-state index in [9.17, 15) is 13.6 Å². The lowest BCUT2D eigenvalue weighted by atomic mass is 10.3. The molecule has 2 aromatic rings. The smallest absolute Gasteiger partial charge is 0.395 e. The van der Waals surface area contributed by atoms with Crippen molar-refractivity contribution in [3.63, 3.8) is 0 Å². The number of nitrogens with zero attached hydrogens (tertiary/aromatic N) is 1. The first-order valence-electron chi connectivity index (χ1n) is 5.53. The average Bonchev–Trinajstić information content (AvgIpc) is 2.82. The van der Waals surface area contributed by atoms with E-state index in [4.69, 9.17) is 5.11 Å². The van der Waals surface area contributed by atoms with Crippen LogP contribution in [-0.2, 0) is 4.79 Å². The van der Waals surface area contributed by atoms with E-state index in [1.165, 1.54) is 19.1 Å². The Balaban J connectivity index is 1.93. The van der Waals surface area contributed by atoms with Gasteiger partial charge in [-0.25, -0.2) is 4.98 Å². The van der Waals surface area contributed by atoms with Crippen LogP contribution in [0.2, 0.25) is 0 Å². The van der Waals surface area contributed by atoms with Gasteiger partial charge in [-0.15, -0.1) is 8.78 Å². The number of carbonyl (C=O) groups excluding carboxylic acids is 1. The number of aliphatic hydroxyl groups is 1. The fourth-order valence-corrected chi connectivity index (χ4v) is 2.51. The van der Waals surface area contributed by atoms with Crippen LogP contribution in [0.3, 0.4) is 0 Å². The summed E-state index contributed by atoms with van der Waals surface area (Å²) < 4.78 is 35.0. The number of fused-ring (bicyclic) bond motifs is 2. The first-order valence-corrected chi connectivity index (χ1v) is 6.35. The topological polar surface area (TPSA) is 80.7 Å². The Morgan fingerprint density at radius 1 is 1.45 bits per heavy atom. The van der Waals surface area contributed by atoms with Crippen LogP contribution >= 0.6 is 11.3 Å². The number of amides is 1. The maximum Gasteiger partial charge on any atom is 0.586 e. The largest absolute Gasteiger partial charge is 0.586 e. The van der Waals surface area contributed by atoms with Gasteiger partial charge < -0.3 is 14.6 Å². The molecule has 0 unspecified atom stereocenters. The van der Waals surface area contributed by atoms with E-state index in [-0.39, 0.29) is 16.6 Å². The Labute approximate surface area is 114 Å². The molecule has 1 atom stereocenters. The highest BCUT2D eigenvalue weighted by molar-refractivity contribution is 7.22. The Hall–Kier alpha value is -2.00. The second-order valence-electron chi connectivity index (χ2n) is 4.12. The highest BCUT2D eigenvalue weighted by Gasteiger charge is 2.43. The Morgan fingerprint density at radius 3 is 2.75 bits per heavy atom. The number of halogens is 2. The second-order valence-corrected chi connectivity index (χ2v) is 5.15. The summed E-state index contributed by atoms with van der Waals surface area (Å²) in [4.78, 5) is 15.4. The van der Waals surface area contributed by atoms with Crippen LogP contribution in [0.5, 0.6) is 11.5 Å². The summed E-state index contributed by atoms with van der Waals surface area (Å²) >= 11 is 1.07. The molecule has 1 aromatic heterocycles. The lowest BCUT2D eigenvalue weighted by Crippen LogP contribution is -2.25. The van der Waals surface area contributed by atoms with Gasteiger partial charge in [0.25, 0.3) is 5.91 Å². The summed E-state index contributed by atoms with van der Waals surface area (Å²) in [5, 5.41) is 11.8. The van der Waals surface area contributed by atoms with Crippen molar-refractivity contribution in [3.05, 3.63) is 12.1 Å². The number of rotatable bonds is 2. The number of anilines is 1. The molecule has 0 saturated carbocycles. The van der Waals surface area contributed by atoms with Gasteiger partial charge in [-0.05, 0) is 6.92 Å². The molecule has 9 heteroatoms. The predicted octanol–water partition coefficient (Wildman–Crippen LogP) is 1.94. The van der Waals surface area contributed by atoms with E-state index < -0.39 is 18.3 Å². The number of carbonyl (C=O) groups is 1. The van der Waals surface area contributed by atoms with Gasteiger partial charge in [0.1, 0.15) is 6.10 Å². The normalized spacial score (nSPS) is 17.2. The van der Waals surface area contributed by atoms with Crippen molar-refractivity contribution in [3.8, 4) is 11.5 Å². The van der Waals surface area contributed by atoms with E-state index in [0.717, 1.165) is 11.3 Å². The van der Waals surface area contributed by atoms with Gasteiger partial charge in [-0.1, -0.05) is 11.3 Å². The second kappa shape index (κ2) is 4.25. The number of thiazole rings is 1. The molecule has 1 amide bonds. The molecule has 3 rings (SSSR count). The standard InChI is InChI=1S/C11H8F2N2O4S/c1-4(16)9(17)15-10-14-5-2-6-7(3-8(5)20-10)19-11(12,13)18-6/h2-4,16H,1H3,(H,14,15,17)/t4-/m1/s1. The minimum atomic E-state index is -3.67.